The molecule has 8 heteroatoms. The molecule has 28 heavy (non-hydrogen) atoms. The Kier molecular flexibility index (Phi) is 9.41. The van der Waals surface area contributed by atoms with Crippen LogP contribution in [0.4, 0.5) is 0 Å². The van der Waals surface area contributed by atoms with E-state index in [9.17, 15) is 4.79 Å². The summed E-state index contributed by atoms with van der Waals surface area (Å²) in [7, 11) is 4.91. The minimum absolute atomic E-state index is 0.119. The molecular formula is C20H32N4O4. The Morgan fingerprint density at radius 1 is 1.18 bits per heavy atom. The molecule has 0 spiro atoms. The summed E-state index contributed by atoms with van der Waals surface area (Å²) in [4.78, 5) is 16.0. The van der Waals surface area contributed by atoms with Crippen molar-refractivity contribution in [1.82, 2.24) is 16.0 Å². The molecule has 0 radical (unpaired) electrons. The molecule has 0 unspecified atom stereocenters. The van der Waals surface area contributed by atoms with Gasteiger partial charge in [-0.2, -0.15) is 0 Å². The summed E-state index contributed by atoms with van der Waals surface area (Å²) >= 11 is 0. The fourth-order valence-electron chi connectivity index (χ4n) is 3.09. The van der Waals surface area contributed by atoms with E-state index >= 15 is 0 Å². The summed E-state index contributed by atoms with van der Waals surface area (Å²) < 4.78 is 16.7. The largest absolute Gasteiger partial charge is 0.493 e. The molecule has 0 atom stereocenters. The molecule has 0 saturated heterocycles. The number of hydrogen-bond donors (Lipinski definition) is 3. The lowest BCUT2D eigenvalue weighted by atomic mass is 10.1. The van der Waals surface area contributed by atoms with Crippen LogP contribution in [0.3, 0.4) is 0 Å². The van der Waals surface area contributed by atoms with Crippen molar-refractivity contribution >= 4 is 11.9 Å². The molecule has 0 bridgehead atoms. The molecule has 0 aromatic heterocycles. The molecule has 1 fully saturated rings. The van der Waals surface area contributed by atoms with Crippen molar-refractivity contribution in [3.05, 3.63) is 23.8 Å². The average molecular weight is 393 g/mol. The highest BCUT2D eigenvalue weighted by Crippen LogP contribution is 2.34. The van der Waals surface area contributed by atoms with Gasteiger partial charge in [0.15, 0.2) is 17.5 Å². The second kappa shape index (κ2) is 12.1. The van der Waals surface area contributed by atoms with Gasteiger partial charge in [0.2, 0.25) is 5.91 Å². The molecule has 0 heterocycles. The number of methoxy groups -OCH3 is 2. The summed E-state index contributed by atoms with van der Waals surface area (Å²) in [6.07, 6.45) is 4.80. The van der Waals surface area contributed by atoms with Gasteiger partial charge in [0.1, 0.15) is 0 Å². The van der Waals surface area contributed by atoms with Crippen molar-refractivity contribution < 1.29 is 19.0 Å². The van der Waals surface area contributed by atoms with E-state index < -0.39 is 0 Å². The first-order valence-corrected chi connectivity index (χ1v) is 9.70. The van der Waals surface area contributed by atoms with Gasteiger partial charge in [0, 0.05) is 32.8 Å². The summed E-state index contributed by atoms with van der Waals surface area (Å²) in [6, 6.07) is 5.85. The zero-order chi connectivity index (χ0) is 20.2. The number of benzene rings is 1. The van der Waals surface area contributed by atoms with Crippen LogP contribution in [0.15, 0.2) is 23.2 Å². The third kappa shape index (κ3) is 6.92. The van der Waals surface area contributed by atoms with E-state index in [1.807, 2.05) is 18.2 Å². The second-order valence-electron chi connectivity index (χ2n) is 6.59. The number of aliphatic imine (C=N–C) groups is 1. The molecule has 1 aromatic rings. The Morgan fingerprint density at radius 2 is 1.96 bits per heavy atom. The average Bonchev–Trinajstić information content (AvgIpc) is 3.22. The van der Waals surface area contributed by atoms with Crippen molar-refractivity contribution in [1.29, 1.82) is 0 Å². The number of ether oxygens (including phenoxy) is 3. The van der Waals surface area contributed by atoms with Crippen molar-refractivity contribution in [2.75, 3.05) is 41.0 Å². The SMILES string of the molecule is CN=C(NCC(=O)NCCOC)NCc1cccc(OC)c1OC1CCCC1. The topological polar surface area (TPSA) is 93.2 Å². The molecule has 0 aliphatic heterocycles. The number of para-hydroxylation sites is 1. The van der Waals surface area contributed by atoms with Crippen LogP contribution in [0.1, 0.15) is 31.2 Å². The number of hydrogen-bond acceptors (Lipinski definition) is 5. The molecule has 1 saturated carbocycles. The highest BCUT2D eigenvalue weighted by Gasteiger charge is 2.20. The predicted octanol–water partition coefficient (Wildman–Crippen LogP) is 1.44. The fraction of sp³-hybridized carbons (Fsp3) is 0.600. The molecule has 156 valence electrons. The van der Waals surface area contributed by atoms with Crippen LogP contribution < -0.4 is 25.4 Å². The first-order valence-electron chi connectivity index (χ1n) is 9.70. The van der Waals surface area contributed by atoms with E-state index in [0.29, 0.717) is 25.7 Å². The molecule has 3 N–H and O–H groups in total. The molecule has 8 nitrogen and oxygen atoms in total. The Morgan fingerprint density at radius 3 is 2.64 bits per heavy atom. The lowest BCUT2D eigenvalue weighted by molar-refractivity contribution is -0.120. The summed E-state index contributed by atoms with van der Waals surface area (Å²) in [6.45, 7) is 1.60. The van der Waals surface area contributed by atoms with Crippen molar-refractivity contribution in [2.45, 2.75) is 38.3 Å². The van der Waals surface area contributed by atoms with Crippen molar-refractivity contribution in [3.63, 3.8) is 0 Å². The number of nitrogens with one attached hydrogen (secondary N) is 3. The zero-order valence-electron chi connectivity index (χ0n) is 17.0. The maximum atomic E-state index is 11.8. The second-order valence-corrected chi connectivity index (χ2v) is 6.59. The molecular weight excluding hydrogens is 360 g/mol. The minimum Gasteiger partial charge on any atom is -0.493 e. The highest BCUT2D eigenvalue weighted by atomic mass is 16.5. The zero-order valence-corrected chi connectivity index (χ0v) is 17.0. The standard InChI is InChI=1S/C20H32N4O4/c1-21-20(24-14-18(25)22-11-12-26-2)23-13-15-7-6-10-17(27-3)19(15)28-16-8-4-5-9-16/h6-7,10,16H,4-5,8-9,11-14H2,1-3H3,(H,22,25)(H2,21,23,24). The van der Waals surface area contributed by atoms with E-state index in [-0.39, 0.29) is 18.6 Å². The number of carbonyl (C=O) groups excluding carboxylic acids is 1. The van der Waals surface area contributed by atoms with Crippen molar-refractivity contribution in [3.8, 4) is 11.5 Å². The predicted molar refractivity (Wildman–Crippen MR) is 109 cm³/mol. The highest BCUT2D eigenvalue weighted by molar-refractivity contribution is 5.86. The van der Waals surface area contributed by atoms with Gasteiger partial charge in [0.25, 0.3) is 0 Å². The summed E-state index contributed by atoms with van der Waals surface area (Å²) in [5.41, 5.74) is 0.985. The van der Waals surface area contributed by atoms with Gasteiger partial charge in [-0.25, -0.2) is 0 Å². The van der Waals surface area contributed by atoms with Crippen LogP contribution in [-0.2, 0) is 16.1 Å². The van der Waals surface area contributed by atoms with Gasteiger partial charge in [-0.05, 0) is 31.7 Å². The Labute approximate surface area is 167 Å². The van der Waals surface area contributed by atoms with E-state index in [4.69, 9.17) is 14.2 Å². The van der Waals surface area contributed by atoms with Gasteiger partial charge < -0.3 is 30.2 Å². The third-order valence-electron chi connectivity index (χ3n) is 4.58. The molecule has 1 aromatic carbocycles. The van der Waals surface area contributed by atoms with Gasteiger partial charge in [0.05, 0.1) is 26.4 Å². The summed E-state index contributed by atoms with van der Waals surface area (Å²) in [5.74, 6) is 1.92. The molecule has 1 aliphatic carbocycles. The molecule has 1 aliphatic rings. The number of guanidine groups is 1. The smallest absolute Gasteiger partial charge is 0.239 e. The fourth-order valence-corrected chi connectivity index (χ4v) is 3.09. The quantitative estimate of drug-likeness (QED) is 0.317. The summed E-state index contributed by atoms with van der Waals surface area (Å²) in [5, 5.41) is 8.98. The van der Waals surface area contributed by atoms with Crippen LogP contribution >= 0.6 is 0 Å². The molecule has 2 rings (SSSR count). The third-order valence-corrected chi connectivity index (χ3v) is 4.58. The maximum absolute atomic E-state index is 11.8. The van der Waals surface area contributed by atoms with Crippen molar-refractivity contribution in [2.24, 2.45) is 4.99 Å². The normalized spacial score (nSPS) is 14.6. The molecule has 1 amide bonds. The van der Waals surface area contributed by atoms with Crippen LogP contribution in [0.25, 0.3) is 0 Å². The van der Waals surface area contributed by atoms with E-state index in [2.05, 4.69) is 20.9 Å². The number of nitrogens with zero attached hydrogens (tertiary/aromatic N) is 1. The number of carbonyl (C=O) groups is 1. The Balaban J connectivity index is 1.91. The monoisotopic (exact) mass is 392 g/mol. The van der Waals surface area contributed by atoms with Crippen LogP contribution in [0.2, 0.25) is 0 Å². The Bertz CT molecular complexity index is 645. The Hall–Kier alpha value is -2.48. The first kappa shape index (κ1) is 21.8. The lowest BCUT2D eigenvalue weighted by Crippen LogP contribution is -2.43. The van der Waals surface area contributed by atoms with E-state index in [1.54, 1.807) is 21.3 Å². The van der Waals surface area contributed by atoms with Gasteiger partial charge in [-0.1, -0.05) is 12.1 Å². The number of amides is 1. The van der Waals surface area contributed by atoms with E-state index in [1.165, 1.54) is 12.8 Å². The van der Waals surface area contributed by atoms with Gasteiger partial charge in [-0.15, -0.1) is 0 Å². The van der Waals surface area contributed by atoms with Crippen LogP contribution in [0.5, 0.6) is 11.5 Å². The van der Waals surface area contributed by atoms with E-state index in [0.717, 1.165) is 29.9 Å². The van der Waals surface area contributed by atoms with Gasteiger partial charge >= 0.3 is 0 Å². The van der Waals surface area contributed by atoms with Crippen LogP contribution in [-0.4, -0.2) is 58.9 Å². The first-order chi connectivity index (χ1) is 13.7. The lowest BCUT2D eigenvalue weighted by Gasteiger charge is -2.20. The minimum atomic E-state index is -0.119. The maximum Gasteiger partial charge on any atom is 0.239 e. The van der Waals surface area contributed by atoms with Gasteiger partial charge in [-0.3, -0.25) is 9.79 Å². The van der Waals surface area contributed by atoms with Crippen LogP contribution in [0, 0.1) is 0 Å². The number of rotatable bonds is 10.